The second-order valence-corrected chi connectivity index (χ2v) is 4.81. The zero-order valence-corrected chi connectivity index (χ0v) is 11.0. The maximum atomic E-state index is 5.39. The van der Waals surface area contributed by atoms with E-state index in [4.69, 9.17) is 6.42 Å². The number of anilines is 1. The third-order valence-corrected chi connectivity index (χ3v) is 3.08. The predicted molar refractivity (Wildman–Crippen MR) is 75.4 cm³/mol. The molecule has 3 heteroatoms. The Labute approximate surface area is 110 Å². The van der Waals surface area contributed by atoms with Crippen LogP contribution in [-0.4, -0.2) is 24.1 Å². The summed E-state index contributed by atoms with van der Waals surface area (Å²) in [6.45, 7) is 4.65. The summed E-state index contributed by atoms with van der Waals surface area (Å²) in [6.07, 6.45) is 11.0. The van der Waals surface area contributed by atoms with Crippen LogP contribution in [0.2, 0.25) is 0 Å². The Morgan fingerprint density at radius 1 is 1.50 bits per heavy atom. The highest BCUT2D eigenvalue weighted by Gasteiger charge is 2.19. The fourth-order valence-electron chi connectivity index (χ4n) is 1.91. The molecule has 1 aromatic rings. The van der Waals surface area contributed by atoms with Crippen LogP contribution in [0, 0.1) is 12.3 Å². The third-order valence-electron chi connectivity index (χ3n) is 3.08. The van der Waals surface area contributed by atoms with E-state index in [0.29, 0.717) is 6.54 Å². The SMILES string of the molecule is C#CCN(CCC)c1ccc(CNC2CC2)cn1. The molecular formula is C15H21N3. The lowest BCUT2D eigenvalue weighted by Gasteiger charge is -2.20. The topological polar surface area (TPSA) is 28.2 Å². The van der Waals surface area contributed by atoms with Crippen LogP contribution in [0.3, 0.4) is 0 Å². The molecular weight excluding hydrogens is 222 g/mol. The van der Waals surface area contributed by atoms with Gasteiger partial charge in [-0.1, -0.05) is 18.9 Å². The third kappa shape index (κ3) is 3.75. The Balaban J connectivity index is 1.93. The van der Waals surface area contributed by atoms with E-state index in [1.165, 1.54) is 18.4 Å². The fraction of sp³-hybridized carbons (Fsp3) is 0.533. The van der Waals surface area contributed by atoms with Crippen molar-refractivity contribution >= 4 is 5.82 Å². The van der Waals surface area contributed by atoms with Gasteiger partial charge in [0.25, 0.3) is 0 Å². The molecule has 1 heterocycles. The summed E-state index contributed by atoms with van der Waals surface area (Å²) in [5, 5.41) is 3.49. The van der Waals surface area contributed by atoms with Gasteiger partial charge in [0.15, 0.2) is 0 Å². The molecule has 1 aromatic heterocycles. The van der Waals surface area contributed by atoms with E-state index in [2.05, 4.69) is 40.2 Å². The summed E-state index contributed by atoms with van der Waals surface area (Å²) in [5.41, 5.74) is 1.24. The molecule has 3 nitrogen and oxygen atoms in total. The standard InChI is InChI=1S/C15H21N3/c1-3-9-18(10-4-2)15-8-5-13(12-17-15)11-16-14-6-7-14/h1,5,8,12,14,16H,4,6-7,9-11H2,2H3. The van der Waals surface area contributed by atoms with Crippen LogP contribution < -0.4 is 10.2 Å². The summed E-state index contributed by atoms with van der Waals surface area (Å²) in [5.74, 6) is 3.66. The summed E-state index contributed by atoms with van der Waals surface area (Å²) in [4.78, 5) is 6.64. The van der Waals surface area contributed by atoms with Gasteiger partial charge >= 0.3 is 0 Å². The van der Waals surface area contributed by atoms with Gasteiger partial charge in [-0.3, -0.25) is 0 Å². The number of terminal acetylenes is 1. The van der Waals surface area contributed by atoms with Crippen LogP contribution in [-0.2, 0) is 6.54 Å². The first kappa shape index (κ1) is 12.9. The zero-order valence-electron chi connectivity index (χ0n) is 11.0. The van der Waals surface area contributed by atoms with Crippen LogP contribution in [0.5, 0.6) is 0 Å². The molecule has 18 heavy (non-hydrogen) atoms. The molecule has 1 aliphatic carbocycles. The van der Waals surface area contributed by atoms with Crippen LogP contribution >= 0.6 is 0 Å². The van der Waals surface area contributed by atoms with Crippen molar-refractivity contribution in [2.45, 2.75) is 38.8 Å². The van der Waals surface area contributed by atoms with Gasteiger partial charge in [-0.05, 0) is 30.9 Å². The van der Waals surface area contributed by atoms with Crippen LogP contribution in [0.15, 0.2) is 18.3 Å². The van der Waals surface area contributed by atoms with Gasteiger partial charge in [-0.2, -0.15) is 0 Å². The normalized spacial score (nSPS) is 14.2. The summed E-state index contributed by atoms with van der Waals surface area (Å²) < 4.78 is 0. The molecule has 0 radical (unpaired) electrons. The minimum Gasteiger partial charge on any atom is -0.345 e. The predicted octanol–water partition coefficient (Wildman–Crippen LogP) is 2.18. The van der Waals surface area contributed by atoms with Gasteiger partial charge in [0.05, 0.1) is 6.54 Å². The molecule has 0 unspecified atom stereocenters. The van der Waals surface area contributed by atoms with Gasteiger partial charge in [0, 0.05) is 25.3 Å². The van der Waals surface area contributed by atoms with Gasteiger partial charge in [0.2, 0.25) is 0 Å². The van der Waals surface area contributed by atoms with Gasteiger partial charge in [-0.15, -0.1) is 6.42 Å². The molecule has 0 amide bonds. The number of hydrogen-bond acceptors (Lipinski definition) is 3. The minimum absolute atomic E-state index is 0.626. The average molecular weight is 243 g/mol. The largest absolute Gasteiger partial charge is 0.345 e. The molecule has 1 fully saturated rings. The maximum Gasteiger partial charge on any atom is 0.129 e. The zero-order chi connectivity index (χ0) is 12.8. The molecule has 0 aromatic carbocycles. The average Bonchev–Trinajstić information content (AvgIpc) is 3.21. The van der Waals surface area contributed by atoms with Crippen molar-refractivity contribution in [1.82, 2.24) is 10.3 Å². The second-order valence-electron chi connectivity index (χ2n) is 4.81. The van der Waals surface area contributed by atoms with E-state index >= 15 is 0 Å². The Bertz CT molecular complexity index is 401. The van der Waals surface area contributed by atoms with Crippen molar-refractivity contribution in [3.8, 4) is 12.3 Å². The van der Waals surface area contributed by atoms with E-state index in [1.807, 2.05) is 6.20 Å². The molecule has 0 saturated heterocycles. The second kappa shape index (κ2) is 6.42. The molecule has 0 atom stereocenters. The van der Waals surface area contributed by atoms with Crippen molar-refractivity contribution < 1.29 is 0 Å². The van der Waals surface area contributed by atoms with E-state index in [1.54, 1.807) is 0 Å². The lowest BCUT2D eigenvalue weighted by molar-refractivity contribution is 0.685. The van der Waals surface area contributed by atoms with Crippen LogP contribution in [0.25, 0.3) is 0 Å². The summed E-state index contributed by atoms with van der Waals surface area (Å²) in [7, 11) is 0. The Hall–Kier alpha value is -1.53. The summed E-state index contributed by atoms with van der Waals surface area (Å²) in [6, 6.07) is 4.94. The Morgan fingerprint density at radius 2 is 2.33 bits per heavy atom. The Kier molecular flexibility index (Phi) is 4.60. The van der Waals surface area contributed by atoms with E-state index in [9.17, 15) is 0 Å². The first-order valence-electron chi connectivity index (χ1n) is 6.70. The lowest BCUT2D eigenvalue weighted by atomic mass is 10.2. The molecule has 1 aliphatic rings. The highest BCUT2D eigenvalue weighted by Crippen LogP contribution is 2.19. The monoisotopic (exact) mass is 243 g/mol. The Morgan fingerprint density at radius 3 is 2.89 bits per heavy atom. The molecule has 0 aliphatic heterocycles. The maximum absolute atomic E-state index is 5.39. The van der Waals surface area contributed by atoms with Gasteiger partial charge in [0.1, 0.15) is 5.82 Å². The van der Waals surface area contributed by atoms with Crippen molar-refractivity contribution in [2.24, 2.45) is 0 Å². The molecule has 2 rings (SSSR count). The van der Waals surface area contributed by atoms with Crippen molar-refractivity contribution in [1.29, 1.82) is 0 Å². The van der Waals surface area contributed by atoms with E-state index < -0.39 is 0 Å². The molecule has 96 valence electrons. The van der Waals surface area contributed by atoms with Crippen molar-refractivity contribution in [2.75, 3.05) is 18.0 Å². The molecule has 0 bridgehead atoms. The quantitative estimate of drug-likeness (QED) is 0.744. The van der Waals surface area contributed by atoms with E-state index in [-0.39, 0.29) is 0 Å². The van der Waals surface area contributed by atoms with E-state index in [0.717, 1.165) is 31.4 Å². The van der Waals surface area contributed by atoms with Crippen molar-refractivity contribution in [3.05, 3.63) is 23.9 Å². The number of pyridine rings is 1. The minimum atomic E-state index is 0.626. The van der Waals surface area contributed by atoms with Crippen LogP contribution in [0.1, 0.15) is 31.7 Å². The van der Waals surface area contributed by atoms with Crippen LogP contribution in [0.4, 0.5) is 5.82 Å². The van der Waals surface area contributed by atoms with Crippen molar-refractivity contribution in [3.63, 3.8) is 0 Å². The number of nitrogens with one attached hydrogen (secondary N) is 1. The van der Waals surface area contributed by atoms with Gasteiger partial charge < -0.3 is 10.2 Å². The molecule has 0 spiro atoms. The smallest absolute Gasteiger partial charge is 0.129 e. The highest BCUT2D eigenvalue weighted by atomic mass is 15.2. The number of rotatable bonds is 7. The number of hydrogen-bond donors (Lipinski definition) is 1. The lowest BCUT2D eigenvalue weighted by Crippen LogP contribution is -2.25. The number of aromatic nitrogens is 1. The first-order chi connectivity index (χ1) is 8.83. The molecule has 1 saturated carbocycles. The highest BCUT2D eigenvalue weighted by molar-refractivity contribution is 5.40. The molecule has 1 N–H and O–H groups in total. The number of nitrogens with zero attached hydrogens (tertiary/aromatic N) is 2. The summed E-state index contributed by atoms with van der Waals surface area (Å²) >= 11 is 0. The first-order valence-corrected chi connectivity index (χ1v) is 6.70. The fourth-order valence-corrected chi connectivity index (χ4v) is 1.91. The van der Waals surface area contributed by atoms with Gasteiger partial charge in [-0.25, -0.2) is 4.98 Å².